The smallest absolute Gasteiger partial charge is 0.0281 e. The summed E-state index contributed by atoms with van der Waals surface area (Å²) in [6.07, 6.45) is 0. The maximum absolute atomic E-state index is 3.65. The zero-order chi connectivity index (χ0) is 10.9. The summed E-state index contributed by atoms with van der Waals surface area (Å²) in [7, 11) is 0. The number of nitrogens with zero attached hydrogens (tertiary/aromatic N) is 1. The molecule has 0 saturated carbocycles. The summed E-state index contributed by atoms with van der Waals surface area (Å²) < 4.78 is 0. The highest BCUT2D eigenvalue weighted by Crippen LogP contribution is 2.27. The molecule has 84 valence electrons. The van der Waals surface area contributed by atoms with Crippen LogP contribution in [-0.4, -0.2) is 23.6 Å². The van der Waals surface area contributed by atoms with Crippen molar-refractivity contribution >= 4 is 0 Å². The minimum atomic E-state index is 0.611. The number of hydrogen-bond donors (Lipinski definition) is 1. The van der Waals surface area contributed by atoms with E-state index in [1.807, 2.05) is 0 Å². The molecule has 0 amide bonds. The van der Waals surface area contributed by atoms with Gasteiger partial charge in [0.1, 0.15) is 0 Å². The first-order valence-corrected chi connectivity index (χ1v) is 5.96. The summed E-state index contributed by atoms with van der Waals surface area (Å²) in [6.45, 7) is 15.0. The van der Waals surface area contributed by atoms with Gasteiger partial charge in [-0.05, 0) is 31.6 Å². The van der Waals surface area contributed by atoms with Gasteiger partial charge in [0.2, 0.25) is 0 Å². The first-order valence-electron chi connectivity index (χ1n) is 5.96. The first kappa shape index (κ1) is 12.0. The van der Waals surface area contributed by atoms with Crippen molar-refractivity contribution in [3.05, 3.63) is 0 Å². The van der Waals surface area contributed by atoms with E-state index in [-0.39, 0.29) is 0 Å². The largest absolute Gasteiger partial charge is 0.251 e. The quantitative estimate of drug-likeness (QED) is 0.749. The molecule has 1 N–H and O–H groups in total. The average molecular weight is 198 g/mol. The first-order chi connectivity index (χ1) is 6.43. The van der Waals surface area contributed by atoms with Crippen LogP contribution in [0.5, 0.6) is 0 Å². The molecule has 1 heterocycles. The van der Waals surface area contributed by atoms with E-state index in [0.717, 1.165) is 17.8 Å². The third-order valence-electron chi connectivity index (χ3n) is 3.38. The lowest BCUT2D eigenvalue weighted by molar-refractivity contribution is 0.176. The third kappa shape index (κ3) is 2.48. The van der Waals surface area contributed by atoms with Crippen LogP contribution >= 0.6 is 0 Å². The van der Waals surface area contributed by atoms with Gasteiger partial charge in [-0.25, -0.2) is 5.01 Å². The van der Waals surface area contributed by atoms with Crippen LogP contribution in [0.4, 0.5) is 0 Å². The number of hydrazine groups is 1. The molecule has 1 aliphatic rings. The van der Waals surface area contributed by atoms with Crippen molar-refractivity contribution in [2.45, 2.75) is 53.6 Å². The standard InChI is InChI=1S/C12H26N2/c1-8(2)11-7-14(10(5)6)13-12(11)9(3)4/h8-13H,7H2,1-6H3. The predicted molar refractivity (Wildman–Crippen MR) is 61.9 cm³/mol. The Balaban J connectivity index is 2.65. The van der Waals surface area contributed by atoms with E-state index < -0.39 is 0 Å². The van der Waals surface area contributed by atoms with Gasteiger partial charge in [0.25, 0.3) is 0 Å². The van der Waals surface area contributed by atoms with E-state index in [9.17, 15) is 0 Å². The zero-order valence-corrected chi connectivity index (χ0v) is 10.5. The molecule has 1 rings (SSSR count). The van der Waals surface area contributed by atoms with Gasteiger partial charge in [-0.1, -0.05) is 27.7 Å². The highest BCUT2D eigenvalue weighted by Gasteiger charge is 2.36. The Hall–Kier alpha value is -0.0800. The summed E-state index contributed by atoms with van der Waals surface area (Å²) >= 11 is 0. The number of rotatable bonds is 3. The van der Waals surface area contributed by atoms with Crippen molar-refractivity contribution in [1.29, 1.82) is 0 Å². The van der Waals surface area contributed by atoms with E-state index in [4.69, 9.17) is 0 Å². The maximum atomic E-state index is 3.65. The van der Waals surface area contributed by atoms with Crippen molar-refractivity contribution in [1.82, 2.24) is 10.4 Å². The van der Waals surface area contributed by atoms with E-state index in [2.05, 4.69) is 52.0 Å². The van der Waals surface area contributed by atoms with Gasteiger partial charge < -0.3 is 0 Å². The fourth-order valence-electron chi connectivity index (χ4n) is 2.31. The van der Waals surface area contributed by atoms with Crippen LogP contribution in [0, 0.1) is 17.8 Å². The fraction of sp³-hybridized carbons (Fsp3) is 1.00. The van der Waals surface area contributed by atoms with Gasteiger partial charge in [-0.3, -0.25) is 5.43 Å². The Labute approximate surface area is 89.0 Å². The second-order valence-electron chi connectivity index (χ2n) is 5.55. The van der Waals surface area contributed by atoms with Gasteiger partial charge >= 0.3 is 0 Å². The maximum Gasteiger partial charge on any atom is 0.0281 e. The lowest BCUT2D eigenvalue weighted by Gasteiger charge is -2.25. The summed E-state index contributed by atoms with van der Waals surface area (Å²) in [5.41, 5.74) is 3.65. The Kier molecular flexibility index (Phi) is 3.96. The minimum Gasteiger partial charge on any atom is -0.251 e. The van der Waals surface area contributed by atoms with Crippen LogP contribution in [-0.2, 0) is 0 Å². The van der Waals surface area contributed by atoms with Crippen molar-refractivity contribution in [2.75, 3.05) is 6.54 Å². The predicted octanol–water partition coefficient (Wildman–Crippen LogP) is 2.51. The highest BCUT2D eigenvalue weighted by molar-refractivity contribution is 4.88. The second-order valence-corrected chi connectivity index (χ2v) is 5.55. The molecule has 0 aromatic carbocycles. The topological polar surface area (TPSA) is 15.3 Å². The average Bonchev–Trinajstić information content (AvgIpc) is 2.47. The molecule has 0 aliphatic carbocycles. The molecule has 14 heavy (non-hydrogen) atoms. The SMILES string of the molecule is CC(C)C1CN(C(C)C)NC1C(C)C. The summed E-state index contributed by atoms with van der Waals surface area (Å²) in [5, 5.41) is 2.40. The molecule has 0 aromatic rings. The summed E-state index contributed by atoms with van der Waals surface area (Å²) in [6, 6.07) is 1.28. The van der Waals surface area contributed by atoms with E-state index in [1.165, 1.54) is 6.54 Å². The van der Waals surface area contributed by atoms with Crippen LogP contribution in [0.1, 0.15) is 41.5 Å². The fourth-order valence-corrected chi connectivity index (χ4v) is 2.31. The van der Waals surface area contributed by atoms with Crippen molar-refractivity contribution in [3.63, 3.8) is 0 Å². The number of hydrogen-bond acceptors (Lipinski definition) is 2. The van der Waals surface area contributed by atoms with Crippen LogP contribution in [0.2, 0.25) is 0 Å². The van der Waals surface area contributed by atoms with Crippen LogP contribution in [0.15, 0.2) is 0 Å². The molecule has 2 nitrogen and oxygen atoms in total. The van der Waals surface area contributed by atoms with E-state index in [0.29, 0.717) is 12.1 Å². The van der Waals surface area contributed by atoms with Gasteiger partial charge in [0.05, 0.1) is 0 Å². The molecule has 0 spiro atoms. The van der Waals surface area contributed by atoms with Gasteiger partial charge in [-0.2, -0.15) is 0 Å². The second kappa shape index (κ2) is 4.63. The molecule has 0 radical (unpaired) electrons. The number of nitrogens with one attached hydrogen (secondary N) is 1. The lowest BCUT2D eigenvalue weighted by atomic mass is 9.84. The molecular formula is C12H26N2. The Morgan fingerprint density at radius 1 is 1.00 bits per heavy atom. The minimum absolute atomic E-state index is 0.611. The van der Waals surface area contributed by atoms with Crippen molar-refractivity contribution < 1.29 is 0 Å². The van der Waals surface area contributed by atoms with Gasteiger partial charge in [0.15, 0.2) is 0 Å². The van der Waals surface area contributed by atoms with Crippen LogP contribution in [0.3, 0.4) is 0 Å². The molecule has 2 heteroatoms. The lowest BCUT2D eigenvalue weighted by Crippen LogP contribution is -2.42. The molecule has 0 bridgehead atoms. The molecule has 1 aliphatic heterocycles. The van der Waals surface area contributed by atoms with Gasteiger partial charge in [-0.15, -0.1) is 0 Å². The summed E-state index contributed by atoms with van der Waals surface area (Å²) in [4.78, 5) is 0. The molecule has 0 aromatic heterocycles. The van der Waals surface area contributed by atoms with E-state index >= 15 is 0 Å². The molecule has 2 atom stereocenters. The highest BCUT2D eigenvalue weighted by atomic mass is 15.6. The molecule has 1 fully saturated rings. The normalized spacial score (nSPS) is 29.8. The Bertz CT molecular complexity index is 159. The molecule has 2 unspecified atom stereocenters. The Morgan fingerprint density at radius 2 is 1.57 bits per heavy atom. The van der Waals surface area contributed by atoms with Crippen molar-refractivity contribution in [3.8, 4) is 0 Å². The van der Waals surface area contributed by atoms with Crippen LogP contribution < -0.4 is 5.43 Å². The third-order valence-corrected chi connectivity index (χ3v) is 3.38. The Morgan fingerprint density at radius 3 is 1.86 bits per heavy atom. The monoisotopic (exact) mass is 198 g/mol. The molecule has 1 saturated heterocycles. The van der Waals surface area contributed by atoms with E-state index in [1.54, 1.807) is 0 Å². The van der Waals surface area contributed by atoms with Crippen molar-refractivity contribution in [2.24, 2.45) is 17.8 Å². The van der Waals surface area contributed by atoms with Crippen LogP contribution in [0.25, 0.3) is 0 Å². The van der Waals surface area contributed by atoms with Gasteiger partial charge in [0, 0.05) is 18.6 Å². The summed E-state index contributed by atoms with van der Waals surface area (Å²) in [5.74, 6) is 2.31. The molecular weight excluding hydrogens is 172 g/mol. The zero-order valence-electron chi connectivity index (χ0n) is 10.5.